The summed E-state index contributed by atoms with van der Waals surface area (Å²) in [6.07, 6.45) is 2.82. The highest BCUT2D eigenvalue weighted by molar-refractivity contribution is 7.99. The zero-order chi connectivity index (χ0) is 18.9. The molecule has 0 bridgehead atoms. The van der Waals surface area contributed by atoms with Crippen LogP contribution in [0.4, 0.5) is 0 Å². The number of rotatable bonds is 9. The van der Waals surface area contributed by atoms with Crippen molar-refractivity contribution in [3.8, 4) is 11.5 Å². The van der Waals surface area contributed by atoms with Gasteiger partial charge in [-0.25, -0.2) is 0 Å². The Kier molecular flexibility index (Phi) is 8.39. The highest BCUT2D eigenvalue weighted by atomic mass is 32.2. The summed E-state index contributed by atoms with van der Waals surface area (Å²) in [6, 6.07) is 11.1. The topological polar surface area (TPSA) is 46.5 Å². The summed E-state index contributed by atoms with van der Waals surface area (Å²) in [5, 5.41) is 9.52. The van der Waals surface area contributed by atoms with Crippen molar-refractivity contribution in [2.45, 2.75) is 49.8 Å². The van der Waals surface area contributed by atoms with E-state index in [1.54, 1.807) is 35.7 Å². The molecule has 0 spiro atoms. The van der Waals surface area contributed by atoms with E-state index < -0.39 is 0 Å². The Morgan fingerprint density at radius 1 is 1.04 bits per heavy atom. The summed E-state index contributed by atoms with van der Waals surface area (Å²) in [4.78, 5) is 14.1. The molecule has 26 heavy (non-hydrogen) atoms. The second-order valence-corrected chi connectivity index (χ2v) is 8.48. The van der Waals surface area contributed by atoms with Gasteiger partial charge in [-0.05, 0) is 73.5 Å². The number of phenols is 1. The number of unbranched alkanes of at least 4 members (excludes halogenated alkanes) is 1. The molecule has 5 heteroatoms. The lowest BCUT2D eigenvalue weighted by atomic mass is 10.2. The lowest BCUT2D eigenvalue weighted by Crippen LogP contribution is -2.09. The van der Waals surface area contributed by atoms with Gasteiger partial charge in [0.05, 0.1) is 6.42 Å². The molecule has 0 radical (unpaired) electrons. The van der Waals surface area contributed by atoms with Crippen LogP contribution >= 0.6 is 23.5 Å². The van der Waals surface area contributed by atoms with Crippen molar-refractivity contribution in [2.75, 3.05) is 11.5 Å². The molecule has 0 heterocycles. The highest BCUT2D eigenvalue weighted by Crippen LogP contribution is 2.35. The molecule has 1 N–H and O–H groups in total. The number of aromatic hydroxyl groups is 1. The number of carbonyl (C=O) groups excluding carboxylic acids is 1. The molecule has 0 aliphatic carbocycles. The fourth-order valence-electron chi connectivity index (χ4n) is 2.35. The number of thioether (sulfide) groups is 1. The van der Waals surface area contributed by atoms with E-state index in [1.165, 1.54) is 12.8 Å². The van der Waals surface area contributed by atoms with E-state index in [0.717, 1.165) is 32.4 Å². The molecule has 2 rings (SSSR count). The second kappa shape index (κ2) is 10.5. The normalized spacial score (nSPS) is 10.7. The van der Waals surface area contributed by atoms with Crippen LogP contribution in [0.5, 0.6) is 11.5 Å². The smallest absolute Gasteiger partial charge is 0.312 e. The fourth-order valence-corrected chi connectivity index (χ4v) is 4.31. The van der Waals surface area contributed by atoms with Crippen LogP contribution in [0.2, 0.25) is 0 Å². The molecule has 0 aliphatic rings. The number of esters is 1. The monoisotopic (exact) mass is 390 g/mol. The van der Waals surface area contributed by atoms with E-state index in [-0.39, 0.29) is 11.7 Å². The van der Waals surface area contributed by atoms with Crippen LogP contribution in [-0.2, 0) is 4.79 Å². The number of carbonyl (C=O) groups is 1. The molecule has 0 aliphatic heterocycles. The predicted molar refractivity (Wildman–Crippen MR) is 111 cm³/mol. The Balaban J connectivity index is 1.91. The number of benzene rings is 2. The minimum absolute atomic E-state index is 0.178. The third-order valence-electron chi connectivity index (χ3n) is 3.85. The summed E-state index contributed by atoms with van der Waals surface area (Å²) < 4.78 is 5.45. The van der Waals surface area contributed by atoms with E-state index in [4.69, 9.17) is 4.74 Å². The van der Waals surface area contributed by atoms with Crippen molar-refractivity contribution in [3.63, 3.8) is 0 Å². The van der Waals surface area contributed by atoms with Crippen molar-refractivity contribution in [1.82, 2.24) is 0 Å². The Morgan fingerprint density at radius 3 is 2.38 bits per heavy atom. The molecule has 2 aromatic carbocycles. The van der Waals surface area contributed by atoms with Crippen molar-refractivity contribution in [3.05, 3.63) is 47.5 Å². The van der Waals surface area contributed by atoms with Gasteiger partial charge in [0.15, 0.2) is 0 Å². The van der Waals surface area contributed by atoms with Crippen molar-refractivity contribution in [2.24, 2.45) is 0 Å². The molecule has 2 aromatic rings. The van der Waals surface area contributed by atoms with Gasteiger partial charge in [-0.15, -0.1) is 0 Å². The Hall–Kier alpha value is -1.59. The van der Waals surface area contributed by atoms with Gasteiger partial charge in [-0.1, -0.05) is 25.1 Å². The highest BCUT2D eigenvalue weighted by Gasteiger charge is 2.09. The number of hydrogen-bond donors (Lipinski definition) is 1. The summed E-state index contributed by atoms with van der Waals surface area (Å²) in [6.45, 7) is 6.16. The molecular formula is C21H26O3S2. The molecule has 0 unspecified atom stereocenters. The van der Waals surface area contributed by atoms with Gasteiger partial charge in [0.2, 0.25) is 0 Å². The fraction of sp³-hybridized carbons (Fsp3) is 0.381. The number of phenolic OH excluding ortho intramolecular Hbond substituents is 1. The molecule has 0 saturated carbocycles. The largest absolute Gasteiger partial charge is 0.508 e. The van der Waals surface area contributed by atoms with Gasteiger partial charge >= 0.3 is 5.97 Å². The summed E-state index contributed by atoms with van der Waals surface area (Å²) in [7, 11) is 0. The summed E-state index contributed by atoms with van der Waals surface area (Å²) in [5.74, 6) is 2.61. The van der Waals surface area contributed by atoms with Crippen LogP contribution in [0.25, 0.3) is 0 Å². The summed E-state index contributed by atoms with van der Waals surface area (Å²) >= 11 is 3.45. The standard InChI is InChI=1S/C21H26O3S2/c1-4-5-11-25-12-10-21(23)24-18-7-9-20(16(3)14-18)26-19-8-6-17(22)13-15(19)2/h6-9,13-14,22H,4-5,10-12H2,1-3H3. The van der Waals surface area contributed by atoms with E-state index in [2.05, 4.69) is 6.92 Å². The number of hydrogen-bond acceptors (Lipinski definition) is 5. The van der Waals surface area contributed by atoms with Crippen LogP contribution in [0.3, 0.4) is 0 Å². The first-order valence-electron chi connectivity index (χ1n) is 8.86. The van der Waals surface area contributed by atoms with Crippen LogP contribution < -0.4 is 4.74 Å². The number of ether oxygens (including phenoxy) is 1. The van der Waals surface area contributed by atoms with Crippen LogP contribution in [0.15, 0.2) is 46.2 Å². The van der Waals surface area contributed by atoms with Gasteiger partial charge in [0.25, 0.3) is 0 Å². The molecule has 0 amide bonds. The van der Waals surface area contributed by atoms with Crippen molar-refractivity contribution >= 4 is 29.5 Å². The molecule has 140 valence electrons. The molecule has 0 fully saturated rings. The van der Waals surface area contributed by atoms with Gasteiger partial charge < -0.3 is 9.84 Å². The first kappa shape index (κ1) is 20.7. The van der Waals surface area contributed by atoms with Crippen molar-refractivity contribution in [1.29, 1.82) is 0 Å². The van der Waals surface area contributed by atoms with Gasteiger partial charge in [0.1, 0.15) is 11.5 Å². The maximum atomic E-state index is 11.9. The first-order chi connectivity index (χ1) is 12.5. The minimum Gasteiger partial charge on any atom is -0.508 e. The van der Waals surface area contributed by atoms with Gasteiger partial charge in [-0.3, -0.25) is 4.79 Å². The third-order valence-corrected chi connectivity index (χ3v) is 6.28. The lowest BCUT2D eigenvalue weighted by Gasteiger charge is -2.11. The Morgan fingerprint density at radius 2 is 1.73 bits per heavy atom. The Bertz CT molecular complexity index is 744. The summed E-state index contributed by atoms with van der Waals surface area (Å²) in [5.41, 5.74) is 2.09. The van der Waals surface area contributed by atoms with Crippen LogP contribution in [-0.4, -0.2) is 22.6 Å². The SMILES string of the molecule is CCCCSCCC(=O)Oc1ccc(Sc2ccc(O)cc2C)c(C)c1. The average Bonchev–Trinajstić information content (AvgIpc) is 2.59. The Labute approximate surface area is 164 Å². The zero-order valence-corrected chi connectivity index (χ0v) is 17.2. The third kappa shape index (κ3) is 6.61. The van der Waals surface area contributed by atoms with Gasteiger partial charge in [-0.2, -0.15) is 11.8 Å². The van der Waals surface area contributed by atoms with Crippen LogP contribution in [0, 0.1) is 13.8 Å². The van der Waals surface area contributed by atoms with Crippen molar-refractivity contribution < 1.29 is 14.6 Å². The zero-order valence-electron chi connectivity index (χ0n) is 15.6. The lowest BCUT2D eigenvalue weighted by molar-refractivity contribution is -0.133. The molecule has 3 nitrogen and oxygen atoms in total. The maximum absolute atomic E-state index is 11.9. The first-order valence-corrected chi connectivity index (χ1v) is 10.8. The quantitative estimate of drug-likeness (QED) is 0.324. The van der Waals surface area contributed by atoms with E-state index in [9.17, 15) is 9.90 Å². The maximum Gasteiger partial charge on any atom is 0.312 e. The van der Waals surface area contributed by atoms with Gasteiger partial charge in [0, 0.05) is 15.5 Å². The molecule has 0 aromatic heterocycles. The van der Waals surface area contributed by atoms with E-state index in [0.29, 0.717) is 12.2 Å². The molecule has 0 saturated heterocycles. The van der Waals surface area contributed by atoms with E-state index in [1.807, 2.05) is 38.1 Å². The second-order valence-electron chi connectivity index (χ2n) is 6.17. The van der Waals surface area contributed by atoms with E-state index >= 15 is 0 Å². The number of aryl methyl sites for hydroxylation is 2. The molecular weight excluding hydrogens is 364 g/mol. The van der Waals surface area contributed by atoms with Crippen LogP contribution in [0.1, 0.15) is 37.3 Å². The average molecular weight is 391 g/mol. The minimum atomic E-state index is -0.178. The molecule has 0 atom stereocenters. The predicted octanol–water partition coefficient (Wildman–Crippen LogP) is 5.99.